The molecule has 1 fully saturated rings. The highest BCUT2D eigenvalue weighted by molar-refractivity contribution is 6.08. The first-order valence-corrected chi connectivity index (χ1v) is 9.55. The third-order valence-electron chi connectivity index (χ3n) is 5.03. The van der Waals surface area contributed by atoms with E-state index >= 15 is 0 Å². The summed E-state index contributed by atoms with van der Waals surface area (Å²) in [4.78, 5) is 51.4. The second-order valence-electron chi connectivity index (χ2n) is 7.28. The van der Waals surface area contributed by atoms with Crippen LogP contribution in [0.25, 0.3) is 0 Å². The van der Waals surface area contributed by atoms with Gasteiger partial charge in [0.15, 0.2) is 0 Å². The summed E-state index contributed by atoms with van der Waals surface area (Å²) in [6.45, 7) is 2.34. The fourth-order valence-corrected chi connectivity index (χ4v) is 3.34. The first kappa shape index (κ1) is 21.0. The zero-order valence-corrected chi connectivity index (χ0v) is 17.1. The van der Waals surface area contributed by atoms with E-state index in [1.807, 2.05) is 31.2 Å². The maximum Gasteiger partial charge on any atom is 0.326 e. The predicted molar refractivity (Wildman–Crippen MR) is 112 cm³/mol. The average molecular weight is 408 g/mol. The van der Waals surface area contributed by atoms with Crippen molar-refractivity contribution in [2.75, 3.05) is 19.4 Å². The normalized spacial score (nSPS) is 16.0. The number of imide groups is 1. The molecule has 2 aromatic carbocycles. The summed E-state index contributed by atoms with van der Waals surface area (Å²) in [5.74, 6) is -1.21. The largest absolute Gasteiger partial charge is 0.348 e. The summed E-state index contributed by atoms with van der Waals surface area (Å²) < 4.78 is 0. The van der Waals surface area contributed by atoms with E-state index in [2.05, 4.69) is 10.6 Å². The van der Waals surface area contributed by atoms with Gasteiger partial charge in [-0.15, -0.1) is 0 Å². The molecule has 5 amide bonds. The van der Waals surface area contributed by atoms with Gasteiger partial charge in [-0.05, 0) is 24.6 Å². The Labute approximate surface area is 174 Å². The van der Waals surface area contributed by atoms with E-state index in [9.17, 15) is 19.2 Å². The molecule has 0 bridgehead atoms. The van der Waals surface area contributed by atoms with Crippen molar-refractivity contribution in [2.45, 2.75) is 25.9 Å². The van der Waals surface area contributed by atoms with Gasteiger partial charge in [-0.3, -0.25) is 19.3 Å². The van der Waals surface area contributed by atoms with Gasteiger partial charge >= 0.3 is 6.03 Å². The molecule has 1 aliphatic rings. The van der Waals surface area contributed by atoms with Crippen molar-refractivity contribution >= 4 is 29.4 Å². The van der Waals surface area contributed by atoms with Gasteiger partial charge in [0, 0.05) is 20.6 Å². The molecule has 0 aliphatic carbocycles. The molecule has 0 radical (unpaired) electrons. The van der Waals surface area contributed by atoms with Crippen LogP contribution in [0, 0.1) is 6.92 Å². The van der Waals surface area contributed by atoms with E-state index in [1.54, 1.807) is 24.3 Å². The van der Waals surface area contributed by atoms with Crippen LogP contribution < -0.4 is 10.6 Å². The first-order chi connectivity index (χ1) is 14.3. The number of amides is 5. The quantitative estimate of drug-likeness (QED) is 0.716. The molecule has 30 heavy (non-hydrogen) atoms. The lowest BCUT2D eigenvalue weighted by Crippen LogP contribution is -2.35. The second kappa shape index (κ2) is 8.77. The smallest absolute Gasteiger partial charge is 0.326 e. The van der Waals surface area contributed by atoms with Crippen molar-refractivity contribution < 1.29 is 19.2 Å². The number of nitrogens with zero attached hydrogens (tertiary/aromatic N) is 2. The Morgan fingerprint density at radius 1 is 1.03 bits per heavy atom. The zero-order valence-electron chi connectivity index (χ0n) is 17.1. The minimum atomic E-state index is -0.857. The number of hydrogen-bond donors (Lipinski definition) is 2. The standard InChI is InChI=1S/C22H24N4O4/c1-14-7-6-8-15(11-14)13-23-20(28)16-9-4-5-10-17(16)24-19(27)12-18-21(29)26(3)22(30)25(18)2/h4-11,18H,12-13H2,1-3H3,(H,23,28)(H,24,27). The minimum absolute atomic E-state index is 0.190. The highest BCUT2D eigenvalue weighted by Crippen LogP contribution is 2.19. The van der Waals surface area contributed by atoms with Crippen LogP contribution in [0.15, 0.2) is 48.5 Å². The highest BCUT2D eigenvalue weighted by atomic mass is 16.2. The van der Waals surface area contributed by atoms with Gasteiger partial charge in [-0.1, -0.05) is 42.0 Å². The second-order valence-corrected chi connectivity index (χ2v) is 7.28. The molecular formula is C22H24N4O4. The summed E-state index contributed by atoms with van der Waals surface area (Å²) in [5.41, 5.74) is 2.74. The molecule has 1 aliphatic heterocycles. The fourth-order valence-electron chi connectivity index (χ4n) is 3.34. The summed E-state index contributed by atoms with van der Waals surface area (Å²) >= 11 is 0. The lowest BCUT2D eigenvalue weighted by Gasteiger charge is -2.16. The Kier molecular flexibility index (Phi) is 6.15. The number of para-hydroxylation sites is 1. The average Bonchev–Trinajstić information content (AvgIpc) is 2.90. The predicted octanol–water partition coefficient (Wildman–Crippen LogP) is 2.15. The number of carbonyl (C=O) groups is 4. The van der Waals surface area contributed by atoms with E-state index < -0.39 is 23.9 Å². The van der Waals surface area contributed by atoms with Crippen LogP contribution in [0.5, 0.6) is 0 Å². The van der Waals surface area contributed by atoms with Crippen molar-refractivity contribution in [2.24, 2.45) is 0 Å². The molecule has 1 heterocycles. The maximum absolute atomic E-state index is 12.7. The van der Waals surface area contributed by atoms with Crippen LogP contribution in [0.2, 0.25) is 0 Å². The summed E-state index contributed by atoms with van der Waals surface area (Å²) in [5, 5.41) is 5.54. The molecule has 8 nitrogen and oxygen atoms in total. The number of aryl methyl sites for hydroxylation is 1. The van der Waals surface area contributed by atoms with Crippen molar-refractivity contribution in [1.29, 1.82) is 0 Å². The van der Waals surface area contributed by atoms with E-state index in [1.165, 1.54) is 19.0 Å². The molecular weight excluding hydrogens is 384 g/mol. The van der Waals surface area contributed by atoms with Crippen LogP contribution in [0.1, 0.15) is 27.9 Å². The summed E-state index contributed by atoms with van der Waals surface area (Å²) in [7, 11) is 2.86. The summed E-state index contributed by atoms with van der Waals surface area (Å²) in [6.07, 6.45) is -0.190. The Hall–Kier alpha value is -3.68. The molecule has 8 heteroatoms. The molecule has 0 aromatic heterocycles. The van der Waals surface area contributed by atoms with Gasteiger partial charge in [-0.2, -0.15) is 0 Å². The topological polar surface area (TPSA) is 98.8 Å². The lowest BCUT2D eigenvalue weighted by molar-refractivity contribution is -0.129. The molecule has 1 unspecified atom stereocenters. The number of rotatable bonds is 6. The van der Waals surface area contributed by atoms with Crippen LogP contribution in [-0.2, 0) is 16.1 Å². The maximum atomic E-state index is 12.7. The number of anilines is 1. The number of urea groups is 1. The van der Waals surface area contributed by atoms with Gasteiger partial charge in [0.25, 0.3) is 11.8 Å². The lowest BCUT2D eigenvalue weighted by atomic mass is 10.1. The third kappa shape index (κ3) is 4.48. The van der Waals surface area contributed by atoms with Crippen molar-refractivity contribution in [3.05, 3.63) is 65.2 Å². The molecule has 1 atom stereocenters. The zero-order chi connectivity index (χ0) is 21.8. The Morgan fingerprint density at radius 3 is 2.43 bits per heavy atom. The van der Waals surface area contributed by atoms with Gasteiger partial charge in [-0.25, -0.2) is 4.79 Å². The highest BCUT2D eigenvalue weighted by Gasteiger charge is 2.41. The molecule has 2 N–H and O–H groups in total. The van der Waals surface area contributed by atoms with Crippen LogP contribution in [0.3, 0.4) is 0 Å². The molecule has 0 saturated carbocycles. The van der Waals surface area contributed by atoms with E-state index in [-0.39, 0.29) is 12.3 Å². The van der Waals surface area contributed by atoms with Gasteiger partial charge in [0.2, 0.25) is 5.91 Å². The number of carbonyl (C=O) groups excluding carboxylic acids is 4. The number of hydrogen-bond acceptors (Lipinski definition) is 4. The monoisotopic (exact) mass is 408 g/mol. The number of nitrogens with one attached hydrogen (secondary N) is 2. The first-order valence-electron chi connectivity index (χ1n) is 9.55. The Bertz CT molecular complexity index is 1000. The van der Waals surface area contributed by atoms with Crippen LogP contribution >= 0.6 is 0 Å². The third-order valence-corrected chi connectivity index (χ3v) is 5.03. The number of benzene rings is 2. The van der Waals surface area contributed by atoms with E-state index in [0.717, 1.165) is 16.0 Å². The molecule has 2 aromatic rings. The van der Waals surface area contributed by atoms with Crippen LogP contribution in [0.4, 0.5) is 10.5 Å². The Morgan fingerprint density at radius 2 is 1.77 bits per heavy atom. The SMILES string of the molecule is Cc1cccc(CNC(=O)c2ccccc2NC(=O)CC2C(=O)N(C)C(=O)N2C)c1. The summed E-state index contributed by atoms with van der Waals surface area (Å²) in [6, 6.07) is 13.2. The van der Waals surface area contributed by atoms with Crippen molar-refractivity contribution in [3.63, 3.8) is 0 Å². The van der Waals surface area contributed by atoms with Gasteiger partial charge in [0.05, 0.1) is 17.7 Å². The van der Waals surface area contributed by atoms with E-state index in [0.29, 0.717) is 17.8 Å². The van der Waals surface area contributed by atoms with Crippen molar-refractivity contribution in [1.82, 2.24) is 15.1 Å². The van der Waals surface area contributed by atoms with E-state index in [4.69, 9.17) is 0 Å². The van der Waals surface area contributed by atoms with Gasteiger partial charge in [0.1, 0.15) is 6.04 Å². The fraction of sp³-hybridized carbons (Fsp3) is 0.273. The molecule has 0 spiro atoms. The molecule has 156 valence electrons. The number of likely N-dealkylation sites (N-methyl/N-ethyl adjacent to an activating group) is 2. The van der Waals surface area contributed by atoms with Crippen LogP contribution in [-0.4, -0.2) is 53.7 Å². The van der Waals surface area contributed by atoms with Gasteiger partial charge < -0.3 is 15.5 Å². The minimum Gasteiger partial charge on any atom is -0.348 e. The molecule has 1 saturated heterocycles. The Balaban J connectivity index is 1.66. The molecule has 3 rings (SSSR count). The van der Waals surface area contributed by atoms with Crippen molar-refractivity contribution in [3.8, 4) is 0 Å².